The van der Waals surface area contributed by atoms with Crippen molar-refractivity contribution in [3.63, 3.8) is 0 Å². The molecule has 134 valence electrons. The molecule has 26 heavy (non-hydrogen) atoms. The van der Waals surface area contributed by atoms with Crippen molar-refractivity contribution in [3.05, 3.63) is 59.3 Å². The number of rotatable bonds is 5. The maximum atomic E-state index is 12.7. The number of amides is 2. The van der Waals surface area contributed by atoms with Crippen molar-refractivity contribution in [1.29, 1.82) is 0 Å². The highest BCUT2D eigenvalue weighted by Crippen LogP contribution is 2.32. The van der Waals surface area contributed by atoms with Gasteiger partial charge in [0.25, 0.3) is 5.91 Å². The highest BCUT2D eigenvalue weighted by Gasteiger charge is 2.22. The Bertz CT molecular complexity index is 945. The maximum Gasteiger partial charge on any atom is 0.293 e. The van der Waals surface area contributed by atoms with Crippen LogP contribution in [0.2, 0.25) is 5.02 Å². The largest absolute Gasteiger partial charge is 0.449 e. The van der Waals surface area contributed by atoms with Crippen LogP contribution in [-0.4, -0.2) is 11.8 Å². The van der Waals surface area contributed by atoms with Crippen molar-refractivity contribution in [2.24, 2.45) is 5.92 Å². The summed E-state index contributed by atoms with van der Waals surface area (Å²) in [4.78, 5) is 24.9. The molecule has 1 aromatic heterocycles. The van der Waals surface area contributed by atoms with Gasteiger partial charge in [0.1, 0.15) is 11.3 Å². The maximum absolute atomic E-state index is 12.7. The van der Waals surface area contributed by atoms with Gasteiger partial charge in [-0.05, 0) is 42.3 Å². The molecule has 6 heteroatoms. The molecule has 2 N–H and O–H groups in total. The van der Waals surface area contributed by atoms with E-state index in [1.807, 2.05) is 32.0 Å². The molecule has 0 radical (unpaired) electrons. The second kappa shape index (κ2) is 7.62. The lowest BCUT2D eigenvalue weighted by molar-refractivity contribution is -0.116. The van der Waals surface area contributed by atoms with E-state index in [0.29, 0.717) is 33.8 Å². The molecule has 1 heterocycles. The summed E-state index contributed by atoms with van der Waals surface area (Å²) in [7, 11) is 0. The second-order valence-electron chi connectivity index (χ2n) is 6.41. The van der Waals surface area contributed by atoms with Crippen molar-refractivity contribution < 1.29 is 14.0 Å². The van der Waals surface area contributed by atoms with Gasteiger partial charge in [-0.3, -0.25) is 9.59 Å². The van der Waals surface area contributed by atoms with Gasteiger partial charge in [0.2, 0.25) is 11.7 Å². The number of hydrogen-bond donors (Lipinski definition) is 2. The minimum atomic E-state index is -0.441. The lowest BCUT2D eigenvalue weighted by Crippen LogP contribution is -2.18. The standard InChI is InChI=1S/C20H19ClN2O3/c1-12(2)11-17(24)23-18-15-5-3-4-6-16(15)26-19(18)20(25)22-14-9-7-13(21)8-10-14/h3-10,12H,11H2,1-2H3,(H,22,25)(H,23,24). The van der Waals surface area contributed by atoms with Crippen molar-refractivity contribution in [2.75, 3.05) is 10.6 Å². The molecule has 3 rings (SSSR count). The number of carbonyl (C=O) groups excluding carboxylic acids is 2. The van der Waals surface area contributed by atoms with Crippen LogP contribution in [0.15, 0.2) is 52.9 Å². The fraction of sp³-hybridized carbons (Fsp3) is 0.200. The van der Waals surface area contributed by atoms with Crippen LogP contribution >= 0.6 is 11.6 Å². The third-order valence-corrected chi connectivity index (χ3v) is 4.01. The predicted octanol–water partition coefficient (Wildman–Crippen LogP) is 5.32. The SMILES string of the molecule is CC(C)CC(=O)Nc1c(C(=O)Nc2ccc(Cl)cc2)oc2ccccc12. The van der Waals surface area contributed by atoms with Crippen LogP contribution in [0.25, 0.3) is 11.0 Å². The number of benzene rings is 2. The van der Waals surface area contributed by atoms with Crippen LogP contribution in [0.4, 0.5) is 11.4 Å². The van der Waals surface area contributed by atoms with Crippen LogP contribution in [0.5, 0.6) is 0 Å². The summed E-state index contributed by atoms with van der Waals surface area (Å²) in [6, 6.07) is 14.0. The molecule has 0 atom stereocenters. The van der Waals surface area contributed by atoms with E-state index in [2.05, 4.69) is 10.6 Å². The fourth-order valence-electron chi connectivity index (χ4n) is 2.61. The Kier molecular flexibility index (Phi) is 5.28. The number of halogens is 1. The van der Waals surface area contributed by atoms with E-state index in [1.165, 1.54) is 0 Å². The molecule has 0 unspecified atom stereocenters. The van der Waals surface area contributed by atoms with Gasteiger partial charge in [-0.2, -0.15) is 0 Å². The number of anilines is 2. The van der Waals surface area contributed by atoms with E-state index in [-0.39, 0.29) is 17.6 Å². The van der Waals surface area contributed by atoms with Gasteiger partial charge in [-0.1, -0.05) is 37.6 Å². The van der Waals surface area contributed by atoms with Crippen LogP contribution in [0.3, 0.4) is 0 Å². The molecule has 0 spiro atoms. The number of fused-ring (bicyclic) bond motifs is 1. The van der Waals surface area contributed by atoms with Crippen LogP contribution in [0, 0.1) is 5.92 Å². The monoisotopic (exact) mass is 370 g/mol. The molecule has 0 bridgehead atoms. The lowest BCUT2D eigenvalue weighted by atomic mass is 10.1. The van der Waals surface area contributed by atoms with Gasteiger partial charge in [0, 0.05) is 22.5 Å². The molecule has 0 aliphatic heterocycles. The predicted molar refractivity (Wildman–Crippen MR) is 104 cm³/mol. The van der Waals surface area contributed by atoms with E-state index in [1.54, 1.807) is 30.3 Å². The first kappa shape index (κ1) is 18.0. The molecule has 3 aromatic rings. The zero-order chi connectivity index (χ0) is 18.7. The summed E-state index contributed by atoms with van der Waals surface area (Å²) in [5, 5.41) is 6.85. The minimum Gasteiger partial charge on any atom is -0.449 e. The number of furan rings is 1. The van der Waals surface area contributed by atoms with E-state index >= 15 is 0 Å². The zero-order valence-corrected chi connectivity index (χ0v) is 15.3. The summed E-state index contributed by atoms with van der Waals surface area (Å²) >= 11 is 5.86. The quantitative estimate of drug-likeness (QED) is 0.638. The first-order chi connectivity index (χ1) is 12.4. The molecule has 0 aliphatic rings. The molecule has 2 amide bonds. The number of para-hydroxylation sites is 1. The molecular formula is C20H19ClN2O3. The van der Waals surface area contributed by atoms with Gasteiger partial charge in [-0.15, -0.1) is 0 Å². The normalized spacial score (nSPS) is 10.9. The van der Waals surface area contributed by atoms with Crippen LogP contribution in [-0.2, 0) is 4.79 Å². The molecule has 5 nitrogen and oxygen atoms in total. The Morgan fingerprint density at radius 2 is 1.73 bits per heavy atom. The van der Waals surface area contributed by atoms with Gasteiger partial charge >= 0.3 is 0 Å². The topological polar surface area (TPSA) is 71.3 Å². The lowest BCUT2D eigenvalue weighted by Gasteiger charge is -2.08. The van der Waals surface area contributed by atoms with Crippen molar-refractivity contribution in [3.8, 4) is 0 Å². The Balaban J connectivity index is 1.93. The molecule has 0 fully saturated rings. The summed E-state index contributed by atoms with van der Waals surface area (Å²) in [6.07, 6.45) is 0.359. The second-order valence-corrected chi connectivity index (χ2v) is 6.85. The molecule has 0 saturated heterocycles. The third kappa shape index (κ3) is 4.06. The van der Waals surface area contributed by atoms with Gasteiger partial charge in [-0.25, -0.2) is 0 Å². The summed E-state index contributed by atoms with van der Waals surface area (Å²) in [5.41, 5.74) is 1.51. The van der Waals surface area contributed by atoms with Gasteiger partial charge in [0.15, 0.2) is 0 Å². The molecule has 2 aromatic carbocycles. The van der Waals surface area contributed by atoms with E-state index in [0.717, 1.165) is 0 Å². The first-order valence-electron chi connectivity index (χ1n) is 8.32. The van der Waals surface area contributed by atoms with Crippen LogP contribution < -0.4 is 10.6 Å². The summed E-state index contributed by atoms with van der Waals surface area (Å²) in [5.74, 6) is -0.326. The van der Waals surface area contributed by atoms with Crippen molar-refractivity contribution >= 4 is 45.8 Å². The van der Waals surface area contributed by atoms with Gasteiger partial charge in [0.05, 0.1) is 0 Å². The van der Waals surface area contributed by atoms with Gasteiger partial charge < -0.3 is 15.1 Å². The molecule has 0 saturated carbocycles. The summed E-state index contributed by atoms with van der Waals surface area (Å²) < 4.78 is 5.71. The molecule has 0 aliphatic carbocycles. The highest BCUT2D eigenvalue weighted by molar-refractivity contribution is 6.30. The van der Waals surface area contributed by atoms with Crippen LogP contribution in [0.1, 0.15) is 30.8 Å². The third-order valence-electron chi connectivity index (χ3n) is 3.76. The minimum absolute atomic E-state index is 0.0678. The zero-order valence-electron chi connectivity index (χ0n) is 14.5. The number of hydrogen-bond acceptors (Lipinski definition) is 3. The van der Waals surface area contributed by atoms with E-state index in [4.69, 9.17) is 16.0 Å². The fourth-order valence-corrected chi connectivity index (χ4v) is 2.74. The molecular weight excluding hydrogens is 352 g/mol. The highest BCUT2D eigenvalue weighted by atomic mass is 35.5. The summed E-state index contributed by atoms with van der Waals surface area (Å²) in [6.45, 7) is 3.92. The first-order valence-corrected chi connectivity index (χ1v) is 8.70. The Hall–Kier alpha value is -2.79. The van der Waals surface area contributed by atoms with Crippen molar-refractivity contribution in [1.82, 2.24) is 0 Å². The Morgan fingerprint density at radius 1 is 1.04 bits per heavy atom. The smallest absolute Gasteiger partial charge is 0.293 e. The Labute approximate surface area is 156 Å². The number of nitrogens with one attached hydrogen (secondary N) is 2. The van der Waals surface area contributed by atoms with Crippen molar-refractivity contribution in [2.45, 2.75) is 20.3 Å². The average molecular weight is 371 g/mol. The van der Waals surface area contributed by atoms with E-state index < -0.39 is 5.91 Å². The average Bonchev–Trinajstić information content (AvgIpc) is 2.95. The Morgan fingerprint density at radius 3 is 2.42 bits per heavy atom. The number of carbonyl (C=O) groups is 2. The van der Waals surface area contributed by atoms with E-state index in [9.17, 15) is 9.59 Å².